The van der Waals surface area contributed by atoms with Gasteiger partial charge >= 0.3 is 0 Å². The molecule has 1 atom stereocenters. The zero-order chi connectivity index (χ0) is 22.2. The Morgan fingerprint density at radius 2 is 1.03 bits per heavy atom. The summed E-state index contributed by atoms with van der Waals surface area (Å²) in [6.45, 7) is 3.38. The van der Waals surface area contributed by atoms with Crippen molar-refractivity contribution < 1.29 is 16.9 Å². The van der Waals surface area contributed by atoms with Crippen LogP contribution in [0.2, 0.25) is 0 Å². The number of hydrogen-bond acceptors (Lipinski definition) is 0. The van der Waals surface area contributed by atoms with Crippen LogP contribution in [0.15, 0.2) is 60.7 Å². The molecule has 0 aliphatic heterocycles. The van der Waals surface area contributed by atoms with Crippen LogP contribution in [0.1, 0.15) is 108 Å². The fourth-order valence-corrected chi connectivity index (χ4v) is 4.94. The van der Waals surface area contributed by atoms with E-state index in [4.69, 9.17) is 0 Å². The Morgan fingerprint density at radius 1 is 0.594 bits per heavy atom. The van der Waals surface area contributed by atoms with Crippen LogP contribution in [0, 0.1) is 0 Å². The minimum absolute atomic E-state index is 0. The van der Waals surface area contributed by atoms with Crippen molar-refractivity contribution in [3.63, 3.8) is 0 Å². The van der Waals surface area contributed by atoms with E-state index >= 15 is 0 Å². The van der Waals surface area contributed by atoms with E-state index in [1.54, 1.807) is 0 Å². The molecule has 0 aliphatic carbocycles. The summed E-state index contributed by atoms with van der Waals surface area (Å²) in [5.74, 6) is 0. The second kappa shape index (κ2) is 17.2. The van der Waals surface area contributed by atoms with Gasteiger partial charge in [0.15, 0.2) is 0 Å². The molecule has 0 amide bonds. The van der Waals surface area contributed by atoms with Gasteiger partial charge in [-0.05, 0) is 6.42 Å². The van der Waals surface area contributed by atoms with Crippen molar-refractivity contribution in [1.29, 1.82) is 0 Å². The van der Waals surface area contributed by atoms with Gasteiger partial charge in [-0.3, -0.25) is 0 Å². The second-order valence-electron chi connectivity index (χ2n) is 10.0. The highest BCUT2D eigenvalue weighted by Gasteiger charge is 2.29. The van der Waals surface area contributed by atoms with E-state index in [1.807, 2.05) is 0 Å². The Kier molecular flexibility index (Phi) is 15.4. The van der Waals surface area contributed by atoms with Gasteiger partial charge in [-0.25, -0.2) is 0 Å². The van der Waals surface area contributed by atoms with Gasteiger partial charge < -0.3 is 16.9 Å². The Labute approximate surface area is 205 Å². The molecule has 0 fully saturated rings. The number of quaternary nitrogens is 1. The van der Waals surface area contributed by atoms with Crippen molar-refractivity contribution in [3.05, 3.63) is 71.8 Å². The van der Waals surface area contributed by atoms with Gasteiger partial charge in [0.1, 0.15) is 12.6 Å². The number of rotatable bonds is 17. The van der Waals surface area contributed by atoms with Gasteiger partial charge in [-0.1, -0.05) is 138 Å². The third-order valence-corrected chi connectivity index (χ3v) is 6.79. The minimum atomic E-state index is 0. The first-order chi connectivity index (χ1) is 15.1. The Bertz CT molecular complexity index is 668. The van der Waals surface area contributed by atoms with Gasteiger partial charge in [0.05, 0.1) is 14.1 Å². The SMILES string of the molecule is CCCCCCCCCCCCCCC(c1ccccc1)[N+](C)(C)Cc1ccccc1.[Cl-]. The van der Waals surface area contributed by atoms with Crippen molar-refractivity contribution in [2.45, 2.75) is 103 Å². The van der Waals surface area contributed by atoms with Crippen LogP contribution < -0.4 is 12.4 Å². The summed E-state index contributed by atoms with van der Waals surface area (Å²) in [5.41, 5.74) is 2.93. The smallest absolute Gasteiger partial charge is 0.114 e. The van der Waals surface area contributed by atoms with Gasteiger partial charge in [-0.15, -0.1) is 0 Å². The summed E-state index contributed by atoms with van der Waals surface area (Å²) >= 11 is 0. The molecule has 0 aliphatic rings. The lowest BCUT2D eigenvalue weighted by atomic mass is 9.96. The Balaban J connectivity index is 0.00000512. The summed E-state index contributed by atoms with van der Waals surface area (Å²) < 4.78 is 1.02. The van der Waals surface area contributed by atoms with Gasteiger partial charge in [0.25, 0.3) is 0 Å². The number of benzene rings is 2. The normalized spacial score (nSPS) is 12.3. The molecule has 32 heavy (non-hydrogen) atoms. The molecule has 1 nitrogen and oxygen atoms in total. The summed E-state index contributed by atoms with van der Waals surface area (Å²) in [5, 5.41) is 0. The lowest BCUT2D eigenvalue weighted by molar-refractivity contribution is -0.934. The van der Waals surface area contributed by atoms with Crippen LogP contribution in [0.4, 0.5) is 0 Å². The van der Waals surface area contributed by atoms with Crippen molar-refractivity contribution >= 4 is 0 Å². The van der Waals surface area contributed by atoms with E-state index in [0.29, 0.717) is 6.04 Å². The van der Waals surface area contributed by atoms with Crippen LogP contribution in [0.25, 0.3) is 0 Å². The number of nitrogens with zero attached hydrogens (tertiary/aromatic N) is 1. The molecule has 2 aromatic carbocycles. The summed E-state index contributed by atoms with van der Waals surface area (Å²) in [6, 6.07) is 22.7. The molecule has 0 spiro atoms. The molecule has 0 aromatic heterocycles. The summed E-state index contributed by atoms with van der Waals surface area (Å²) in [7, 11) is 4.82. The molecule has 1 unspecified atom stereocenters. The van der Waals surface area contributed by atoms with E-state index in [-0.39, 0.29) is 12.4 Å². The van der Waals surface area contributed by atoms with E-state index < -0.39 is 0 Å². The molecular formula is C30H48ClN. The lowest BCUT2D eigenvalue weighted by Crippen LogP contribution is -3.00. The van der Waals surface area contributed by atoms with Crippen LogP contribution in [-0.2, 0) is 6.54 Å². The molecule has 0 radical (unpaired) electrons. The van der Waals surface area contributed by atoms with Gasteiger partial charge in [0.2, 0.25) is 0 Å². The van der Waals surface area contributed by atoms with E-state index in [9.17, 15) is 0 Å². The number of halogens is 1. The van der Waals surface area contributed by atoms with Gasteiger partial charge in [0, 0.05) is 17.5 Å². The molecule has 180 valence electrons. The molecule has 2 heteroatoms. The lowest BCUT2D eigenvalue weighted by Gasteiger charge is -2.39. The first-order valence-corrected chi connectivity index (χ1v) is 13.0. The third kappa shape index (κ3) is 11.5. The molecular weight excluding hydrogens is 410 g/mol. The van der Waals surface area contributed by atoms with Crippen molar-refractivity contribution in [2.75, 3.05) is 14.1 Å². The number of hydrogen-bond donors (Lipinski definition) is 0. The minimum Gasteiger partial charge on any atom is -1.00 e. The van der Waals surface area contributed by atoms with Crippen molar-refractivity contribution in [2.24, 2.45) is 0 Å². The van der Waals surface area contributed by atoms with E-state index in [2.05, 4.69) is 81.7 Å². The quantitative estimate of drug-likeness (QED) is 0.199. The van der Waals surface area contributed by atoms with Gasteiger partial charge in [-0.2, -0.15) is 0 Å². The average Bonchev–Trinajstić information content (AvgIpc) is 2.78. The van der Waals surface area contributed by atoms with E-state index in [1.165, 1.54) is 94.6 Å². The molecule has 0 N–H and O–H groups in total. The molecule has 0 saturated carbocycles. The molecule has 2 rings (SSSR count). The Morgan fingerprint density at radius 3 is 1.53 bits per heavy atom. The second-order valence-corrected chi connectivity index (χ2v) is 10.0. The summed E-state index contributed by atoms with van der Waals surface area (Å²) in [6.07, 6.45) is 18.3. The molecule has 0 bridgehead atoms. The van der Waals surface area contributed by atoms with Crippen LogP contribution >= 0.6 is 0 Å². The highest BCUT2D eigenvalue weighted by atomic mass is 35.5. The number of unbranched alkanes of at least 4 members (excludes halogenated alkanes) is 11. The average molecular weight is 458 g/mol. The van der Waals surface area contributed by atoms with Crippen LogP contribution in [0.5, 0.6) is 0 Å². The first kappa shape index (κ1) is 28.7. The maximum atomic E-state index is 2.41. The molecule has 0 heterocycles. The fourth-order valence-electron chi connectivity index (χ4n) is 4.94. The van der Waals surface area contributed by atoms with Crippen molar-refractivity contribution in [1.82, 2.24) is 0 Å². The highest BCUT2D eigenvalue weighted by molar-refractivity contribution is 5.18. The predicted octanol–water partition coefficient (Wildman–Crippen LogP) is 6.10. The summed E-state index contributed by atoms with van der Waals surface area (Å²) in [4.78, 5) is 0. The van der Waals surface area contributed by atoms with Crippen LogP contribution in [0.3, 0.4) is 0 Å². The monoisotopic (exact) mass is 457 g/mol. The third-order valence-electron chi connectivity index (χ3n) is 6.79. The highest BCUT2D eigenvalue weighted by Crippen LogP contribution is 2.32. The fraction of sp³-hybridized carbons (Fsp3) is 0.600. The molecule has 0 saturated heterocycles. The van der Waals surface area contributed by atoms with E-state index in [0.717, 1.165) is 11.0 Å². The zero-order valence-corrected chi connectivity index (χ0v) is 21.8. The topological polar surface area (TPSA) is 0 Å². The maximum absolute atomic E-state index is 2.41. The maximum Gasteiger partial charge on any atom is 0.114 e. The largest absolute Gasteiger partial charge is 1.00 e. The molecule has 2 aromatic rings. The zero-order valence-electron chi connectivity index (χ0n) is 21.1. The first-order valence-electron chi connectivity index (χ1n) is 13.0. The Hall–Kier alpha value is -1.31. The van der Waals surface area contributed by atoms with Crippen LogP contribution in [-0.4, -0.2) is 18.6 Å². The predicted molar refractivity (Wildman–Crippen MR) is 137 cm³/mol. The standard InChI is InChI=1S/C30H48N.ClH/c1-4-5-6-7-8-9-10-11-12-13-14-21-26-30(29-24-19-16-20-25-29)31(2,3)27-28-22-17-15-18-23-28;/h15-20,22-25,30H,4-14,21,26-27H2,1-3H3;1H/q+1;/p-1. The van der Waals surface area contributed by atoms with Crippen molar-refractivity contribution in [3.8, 4) is 0 Å².